The van der Waals surface area contributed by atoms with Crippen molar-refractivity contribution < 1.29 is 9.59 Å². The molecule has 2 aromatic rings. The number of benzene rings is 2. The normalized spacial score (nSPS) is 13.3. The summed E-state index contributed by atoms with van der Waals surface area (Å²) < 4.78 is 1.03. The van der Waals surface area contributed by atoms with Gasteiger partial charge in [-0.15, -0.1) is 0 Å². The molecule has 0 saturated carbocycles. The molecule has 3 nitrogen and oxygen atoms in total. The summed E-state index contributed by atoms with van der Waals surface area (Å²) in [4.78, 5) is 24.8. The van der Waals surface area contributed by atoms with Crippen molar-refractivity contribution >= 4 is 45.1 Å². The number of hydrogen-bond donors (Lipinski definition) is 1. The van der Waals surface area contributed by atoms with Crippen molar-refractivity contribution in [1.29, 1.82) is 0 Å². The first-order valence-corrected chi connectivity index (χ1v) is 7.17. The van der Waals surface area contributed by atoms with Crippen LogP contribution in [0.2, 0.25) is 0 Å². The lowest BCUT2D eigenvalue weighted by Crippen LogP contribution is -2.12. The molecule has 1 amide bonds. The topological polar surface area (TPSA) is 46.2 Å². The van der Waals surface area contributed by atoms with Crippen LogP contribution in [0, 0.1) is 0 Å². The Morgan fingerprint density at radius 1 is 0.947 bits per heavy atom. The van der Waals surface area contributed by atoms with Crippen LogP contribution in [0.5, 0.6) is 0 Å². The predicted octanol–water partition coefficient (Wildman–Crippen LogP) is 3.74. The van der Waals surface area contributed by atoms with E-state index in [0.29, 0.717) is 11.3 Å². The van der Waals surface area contributed by atoms with Gasteiger partial charge in [-0.2, -0.15) is 0 Å². The van der Waals surface area contributed by atoms with Gasteiger partial charge in [0.2, 0.25) is 0 Å². The molecule has 1 aliphatic rings. The van der Waals surface area contributed by atoms with Crippen LogP contribution >= 0.6 is 27.7 Å². The molecule has 0 atom stereocenters. The zero-order valence-corrected chi connectivity index (χ0v) is 12.0. The fourth-order valence-corrected chi connectivity index (χ4v) is 2.95. The molecular weight excluding hydrogens is 326 g/mol. The van der Waals surface area contributed by atoms with E-state index in [1.165, 1.54) is 0 Å². The number of amides is 1. The number of halogens is 1. The summed E-state index contributed by atoms with van der Waals surface area (Å²) in [5.74, 6) is -1.02. The van der Waals surface area contributed by atoms with Gasteiger partial charge in [-0.25, -0.2) is 0 Å². The lowest BCUT2D eigenvalue weighted by atomic mass is 10.1. The van der Waals surface area contributed by atoms with Crippen LogP contribution in [-0.4, -0.2) is 11.7 Å². The zero-order chi connectivity index (χ0) is 13.4. The van der Waals surface area contributed by atoms with Gasteiger partial charge in [-0.05, 0) is 42.5 Å². The highest BCUT2D eigenvalue weighted by Crippen LogP contribution is 2.33. The van der Waals surface area contributed by atoms with Crippen molar-refractivity contribution in [3.63, 3.8) is 0 Å². The first-order chi connectivity index (χ1) is 9.13. The number of ketones is 1. The fraction of sp³-hybridized carbons (Fsp3) is 0. The lowest BCUT2D eigenvalue weighted by molar-refractivity contribution is -0.112. The summed E-state index contributed by atoms with van der Waals surface area (Å²) >= 11 is 4.97. The Labute approximate surface area is 122 Å². The molecule has 2 aromatic carbocycles. The van der Waals surface area contributed by atoms with Crippen molar-refractivity contribution in [2.75, 3.05) is 5.32 Å². The Balaban J connectivity index is 1.88. The van der Waals surface area contributed by atoms with Crippen molar-refractivity contribution in [1.82, 2.24) is 0 Å². The van der Waals surface area contributed by atoms with E-state index in [0.717, 1.165) is 14.3 Å². The van der Waals surface area contributed by atoms with Gasteiger partial charge in [0.1, 0.15) is 0 Å². The summed E-state index contributed by atoms with van der Waals surface area (Å²) in [5.41, 5.74) is 1.04. The van der Waals surface area contributed by atoms with Gasteiger partial charge in [0.25, 0.3) is 11.7 Å². The van der Waals surface area contributed by atoms with Crippen molar-refractivity contribution in [2.45, 2.75) is 9.79 Å². The van der Waals surface area contributed by atoms with E-state index in [4.69, 9.17) is 0 Å². The second-order valence-corrected chi connectivity index (χ2v) is 6.11. The quantitative estimate of drug-likeness (QED) is 0.851. The van der Waals surface area contributed by atoms with E-state index in [2.05, 4.69) is 21.2 Å². The van der Waals surface area contributed by atoms with E-state index in [1.807, 2.05) is 36.4 Å². The predicted molar refractivity (Wildman–Crippen MR) is 77.7 cm³/mol. The SMILES string of the molecule is O=C1Nc2cc(Sc3ccc(Br)cc3)ccc2C1=O. The molecule has 3 rings (SSSR count). The van der Waals surface area contributed by atoms with Crippen LogP contribution in [0.4, 0.5) is 5.69 Å². The third kappa shape index (κ3) is 2.43. The third-order valence-electron chi connectivity index (χ3n) is 2.74. The van der Waals surface area contributed by atoms with Gasteiger partial charge in [-0.1, -0.05) is 27.7 Å². The van der Waals surface area contributed by atoms with Crippen LogP contribution in [0.3, 0.4) is 0 Å². The van der Waals surface area contributed by atoms with Gasteiger partial charge in [0.15, 0.2) is 0 Å². The molecular formula is C14H8BrNO2S. The summed E-state index contributed by atoms with van der Waals surface area (Å²) in [6, 6.07) is 13.3. The number of rotatable bonds is 2. The molecule has 19 heavy (non-hydrogen) atoms. The number of hydrogen-bond acceptors (Lipinski definition) is 3. The summed E-state index contributed by atoms with van der Waals surface area (Å²) in [7, 11) is 0. The molecule has 0 bridgehead atoms. The van der Waals surface area contributed by atoms with Crippen LogP contribution in [0.1, 0.15) is 10.4 Å². The monoisotopic (exact) mass is 333 g/mol. The summed E-state index contributed by atoms with van der Waals surface area (Å²) in [5, 5.41) is 2.57. The number of nitrogens with one attached hydrogen (secondary N) is 1. The molecule has 1 aliphatic heterocycles. The zero-order valence-electron chi connectivity index (χ0n) is 9.64. The van der Waals surface area contributed by atoms with Crippen LogP contribution in [0.25, 0.3) is 0 Å². The van der Waals surface area contributed by atoms with Crippen molar-refractivity contribution in [3.8, 4) is 0 Å². The molecule has 0 saturated heterocycles. The summed E-state index contributed by atoms with van der Waals surface area (Å²) in [6.07, 6.45) is 0. The van der Waals surface area contributed by atoms with Gasteiger partial charge >= 0.3 is 0 Å². The number of fused-ring (bicyclic) bond motifs is 1. The average molecular weight is 334 g/mol. The highest BCUT2D eigenvalue weighted by Gasteiger charge is 2.27. The first-order valence-electron chi connectivity index (χ1n) is 5.56. The Morgan fingerprint density at radius 2 is 1.63 bits per heavy atom. The first kappa shape index (κ1) is 12.4. The van der Waals surface area contributed by atoms with Gasteiger partial charge in [-0.3, -0.25) is 9.59 Å². The maximum atomic E-state index is 11.5. The van der Waals surface area contributed by atoms with E-state index in [-0.39, 0.29) is 0 Å². The molecule has 1 heterocycles. The van der Waals surface area contributed by atoms with E-state index >= 15 is 0 Å². The van der Waals surface area contributed by atoms with E-state index < -0.39 is 11.7 Å². The standard InChI is InChI=1S/C14H8BrNO2S/c15-8-1-3-9(4-2-8)19-10-5-6-11-12(7-10)16-14(18)13(11)17/h1-7H,(H,16,17,18). The van der Waals surface area contributed by atoms with Crippen molar-refractivity contribution in [2.24, 2.45) is 0 Å². The maximum Gasteiger partial charge on any atom is 0.296 e. The van der Waals surface area contributed by atoms with Crippen LogP contribution in [-0.2, 0) is 4.79 Å². The molecule has 0 fully saturated rings. The van der Waals surface area contributed by atoms with E-state index in [9.17, 15) is 9.59 Å². The van der Waals surface area contributed by atoms with Gasteiger partial charge in [0.05, 0.1) is 11.3 Å². The lowest BCUT2D eigenvalue weighted by Gasteiger charge is -2.04. The Hall–Kier alpha value is -1.59. The molecule has 0 aromatic heterocycles. The number of carbonyl (C=O) groups is 2. The largest absolute Gasteiger partial charge is 0.318 e. The van der Waals surface area contributed by atoms with Gasteiger partial charge < -0.3 is 5.32 Å². The minimum absolute atomic E-state index is 0.449. The van der Waals surface area contributed by atoms with Gasteiger partial charge in [0, 0.05) is 14.3 Å². The number of anilines is 1. The minimum Gasteiger partial charge on any atom is -0.318 e. The second kappa shape index (κ2) is 4.83. The average Bonchev–Trinajstić information content (AvgIpc) is 2.68. The van der Waals surface area contributed by atoms with E-state index in [1.54, 1.807) is 17.8 Å². The molecule has 0 aliphatic carbocycles. The van der Waals surface area contributed by atoms with Crippen LogP contribution in [0.15, 0.2) is 56.7 Å². The Kier molecular flexibility index (Phi) is 3.16. The maximum absolute atomic E-state index is 11.5. The smallest absolute Gasteiger partial charge is 0.296 e. The molecule has 5 heteroatoms. The second-order valence-electron chi connectivity index (χ2n) is 4.05. The number of carbonyl (C=O) groups excluding carboxylic acids is 2. The number of Topliss-reactive ketones (excluding diaryl/α,β-unsaturated/α-hetero) is 1. The molecule has 1 N–H and O–H groups in total. The Bertz CT molecular complexity index is 682. The highest BCUT2D eigenvalue weighted by atomic mass is 79.9. The Morgan fingerprint density at radius 3 is 2.37 bits per heavy atom. The minimum atomic E-state index is -0.555. The molecule has 0 radical (unpaired) electrons. The summed E-state index contributed by atoms with van der Waals surface area (Å²) in [6.45, 7) is 0. The molecule has 94 valence electrons. The highest BCUT2D eigenvalue weighted by molar-refractivity contribution is 9.10. The molecule has 0 unspecified atom stereocenters. The van der Waals surface area contributed by atoms with Crippen molar-refractivity contribution in [3.05, 3.63) is 52.5 Å². The van der Waals surface area contributed by atoms with Crippen LogP contribution < -0.4 is 5.32 Å². The third-order valence-corrected chi connectivity index (χ3v) is 4.27. The molecule has 0 spiro atoms. The fourth-order valence-electron chi connectivity index (χ4n) is 1.83.